The Balaban J connectivity index is 2.59. The molecule has 0 radical (unpaired) electrons. The molecule has 0 aliphatic heterocycles. The van der Waals surface area contributed by atoms with Crippen LogP contribution >= 0.6 is 0 Å². The van der Waals surface area contributed by atoms with Gasteiger partial charge in [-0.1, -0.05) is 6.92 Å². The number of ether oxygens (including phenoxy) is 1. The minimum absolute atomic E-state index is 0.0146. The van der Waals surface area contributed by atoms with E-state index < -0.39 is 5.92 Å². The third-order valence-electron chi connectivity index (χ3n) is 3.71. The van der Waals surface area contributed by atoms with Crippen molar-refractivity contribution in [3.05, 3.63) is 17.0 Å². The van der Waals surface area contributed by atoms with Crippen LogP contribution in [0.15, 0.2) is 0 Å². The van der Waals surface area contributed by atoms with Crippen LogP contribution < -0.4 is 5.32 Å². The van der Waals surface area contributed by atoms with E-state index in [-0.39, 0.29) is 24.3 Å². The molecule has 1 rings (SSSR count). The third-order valence-corrected chi connectivity index (χ3v) is 3.71. The number of aryl methyl sites for hydroxylation is 2. The highest BCUT2D eigenvalue weighted by molar-refractivity contribution is 5.83. The maximum Gasteiger partial charge on any atom is 0.306 e. The zero-order chi connectivity index (χ0) is 16.2. The van der Waals surface area contributed by atoms with Crippen LogP contribution in [0.5, 0.6) is 0 Å². The van der Waals surface area contributed by atoms with Crippen molar-refractivity contribution in [1.29, 1.82) is 0 Å². The van der Waals surface area contributed by atoms with Crippen LogP contribution in [0.3, 0.4) is 0 Å². The molecular formula is C15H25N3O3. The van der Waals surface area contributed by atoms with E-state index in [9.17, 15) is 9.59 Å². The molecule has 0 spiro atoms. The van der Waals surface area contributed by atoms with Crippen molar-refractivity contribution in [2.24, 2.45) is 13.0 Å². The molecule has 118 valence electrons. The predicted molar refractivity (Wildman–Crippen MR) is 79.8 cm³/mol. The molecule has 1 aromatic rings. The van der Waals surface area contributed by atoms with Crippen LogP contribution in [0, 0.1) is 19.8 Å². The first kappa shape index (κ1) is 17.2. The van der Waals surface area contributed by atoms with Crippen LogP contribution in [-0.2, 0) is 27.8 Å². The molecule has 0 aromatic carbocycles. The van der Waals surface area contributed by atoms with Crippen molar-refractivity contribution in [1.82, 2.24) is 15.1 Å². The first-order valence-electron chi connectivity index (χ1n) is 7.12. The second kappa shape index (κ2) is 7.24. The predicted octanol–water partition coefficient (Wildman–Crippen LogP) is 1.28. The van der Waals surface area contributed by atoms with Crippen molar-refractivity contribution in [3.63, 3.8) is 0 Å². The van der Waals surface area contributed by atoms with E-state index in [0.717, 1.165) is 23.4 Å². The maximum atomic E-state index is 12.0. The lowest BCUT2D eigenvalue weighted by atomic mass is 10.0. The van der Waals surface area contributed by atoms with Crippen LogP contribution in [0.4, 0.5) is 0 Å². The normalized spacial score (nSPS) is 13.6. The van der Waals surface area contributed by atoms with Gasteiger partial charge in [0.15, 0.2) is 0 Å². The maximum absolute atomic E-state index is 12.0. The van der Waals surface area contributed by atoms with Gasteiger partial charge in [0.1, 0.15) is 0 Å². The van der Waals surface area contributed by atoms with Gasteiger partial charge in [-0.15, -0.1) is 0 Å². The van der Waals surface area contributed by atoms with Crippen LogP contribution in [0.2, 0.25) is 0 Å². The summed E-state index contributed by atoms with van der Waals surface area (Å²) in [5.74, 6) is -0.896. The summed E-state index contributed by atoms with van der Waals surface area (Å²) >= 11 is 0. The van der Waals surface area contributed by atoms with E-state index in [1.807, 2.05) is 32.5 Å². The first-order chi connectivity index (χ1) is 9.76. The van der Waals surface area contributed by atoms with Gasteiger partial charge in [0, 0.05) is 24.7 Å². The van der Waals surface area contributed by atoms with Gasteiger partial charge in [-0.3, -0.25) is 14.3 Å². The summed E-state index contributed by atoms with van der Waals surface area (Å²) in [5, 5.41) is 7.31. The Kier molecular flexibility index (Phi) is 5.93. The van der Waals surface area contributed by atoms with E-state index in [2.05, 4.69) is 15.2 Å². The van der Waals surface area contributed by atoms with E-state index in [1.54, 1.807) is 6.92 Å². The molecule has 6 nitrogen and oxygen atoms in total. The number of amides is 1. The number of hydrogen-bond donors (Lipinski definition) is 1. The lowest BCUT2D eigenvalue weighted by Crippen LogP contribution is -2.38. The van der Waals surface area contributed by atoms with Crippen molar-refractivity contribution in [3.8, 4) is 0 Å². The van der Waals surface area contributed by atoms with Gasteiger partial charge in [0.25, 0.3) is 0 Å². The Morgan fingerprint density at radius 3 is 2.43 bits per heavy atom. The Labute approximate surface area is 125 Å². The van der Waals surface area contributed by atoms with Gasteiger partial charge < -0.3 is 10.1 Å². The van der Waals surface area contributed by atoms with Gasteiger partial charge in [0.2, 0.25) is 5.91 Å². The minimum Gasteiger partial charge on any atom is -0.469 e. The average Bonchev–Trinajstić information content (AvgIpc) is 2.65. The topological polar surface area (TPSA) is 73.2 Å². The van der Waals surface area contributed by atoms with Gasteiger partial charge in [-0.05, 0) is 32.8 Å². The number of nitrogens with zero attached hydrogens (tertiary/aromatic N) is 2. The number of carbonyl (C=O) groups is 2. The second-order valence-electron chi connectivity index (χ2n) is 5.57. The largest absolute Gasteiger partial charge is 0.469 e. The number of carbonyl (C=O) groups excluding carboxylic acids is 2. The summed E-state index contributed by atoms with van der Waals surface area (Å²) in [5.41, 5.74) is 3.25. The number of esters is 1. The Hall–Kier alpha value is -1.85. The summed E-state index contributed by atoms with van der Waals surface area (Å²) in [6, 6.07) is -0.0146. The Morgan fingerprint density at radius 2 is 1.95 bits per heavy atom. The summed E-state index contributed by atoms with van der Waals surface area (Å²) < 4.78 is 6.42. The molecule has 1 amide bonds. The second-order valence-corrected chi connectivity index (χ2v) is 5.57. The van der Waals surface area contributed by atoms with E-state index in [4.69, 9.17) is 0 Å². The molecule has 1 N–H and O–H groups in total. The third kappa shape index (κ3) is 4.58. The van der Waals surface area contributed by atoms with Crippen LogP contribution in [0.1, 0.15) is 37.2 Å². The van der Waals surface area contributed by atoms with Crippen LogP contribution in [0.25, 0.3) is 0 Å². The molecule has 0 aliphatic carbocycles. The number of nitrogens with one attached hydrogen (secondary N) is 1. The highest BCUT2D eigenvalue weighted by atomic mass is 16.5. The van der Waals surface area contributed by atoms with Gasteiger partial charge in [0.05, 0.1) is 19.2 Å². The Morgan fingerprint density at radius 1 is 1.33 bits per heavy atom. The van der Waals surface area contributed by atoms with Gasteiger partial charge in [-0.25, -0.2) is 0 Å². The summed E-state index contributed by atoms with van der Waals surface area (Å²) in [7, 11) is 3.23. The molecular weight excluding hydrogens is 270 g/mol. The molecule has 0 aliphatic rings. The first-order valence-corrected chi connectivity index (χ1v) is 7.12. The summed E-state index contributed by atoms with van der Waals surface area (Å²) in [4.78, 5) is 23.2. The van der Waals surface area contributed by atoms with Gasteiger partial charge in [-0.2, -0.15) is 5.10 Å². The summed E-state index contributed by atoms with van der Waals surface area (Å²) in [6.45, 7) is 7.66. The zero-order valence-electron chi connectivity index (χ0n) is 13.7. The minimum atomic E-state index is -0.393. The standard InChI is InChI=1S/C15H25N3O3/c1-9(7-14(19)21-6)15(20)16-10(2)8-13-11(3)17-18(5)12(13)4/h9-10H,7-8H2,1-6H3,(H,16,20). The Bertz CT molecular complexity index is 522. The fourth-order valence-electron chi connectivity index (χ4n) is 2.28. The van der Waals surface area contributed by atoms with E-state index >= 15 is 0 Å². The summed E-state index contributed by atoms with van der Waals surface area (Å²) in [6.07, 6.45) is 0.822. The molecule has 0 saturated heterocycles. The molecule has 6 heteroatoms. The van der Waals surface area contributed by atoms with E-state index in [0.29, 0.717) is 0 Å². The molecule has 0 saturated carbocycles. The fraction of sp³-hybridized carbons (Fsp3) is 0.667. The number of hydrogen-bond acceptors (Lipinski definition) is 4. The van der Waals surface area contributed by atoms with Crippen molar-refractivity contribution >= 4 is 11.9 Å². The molecule has 0 fully saturated rings. The zero-order valence-corrected chi connectivity index (χ0v) is 13.7. The average molecular weight is 295 g/mol. The SMILES string of the molecule is COC(=O)CC(C)C(=O)NC(C)Cc1c(C)nn(C)c1C. The van der Waals surface area contributed by atoms with Crippen molar-refractivity contribution < 1.29 is 14.3 Å². The van der Waals surface area contributed by atoms with Gasteiger partial charge >= 0.3 is 5.97 Å². The fourth-order valence-corrected chi connectivity index (χ4v) is 2.28. The van der Waals surface area contributed by atoms with E-state index in [1.165, 1.54) is 7.11 Å². The van der Waals surface area contributed by atoms with Crippen molar-refractivity contribution in [2.45, 2.75) is 46.6 Å². The highest BCUT2D eigenvalue weighted by Crippen LogP contribution is 2.14. The number of rotatable bonds is 6. The lowest BCUT2D eigenvalue weighted by Gasteiger charge is -2.17. The number of methoxy groups -OCH3 is 1. The highest BCUT2D eigenvalue weighted by Gasteiger charge is 2.20. The molecule has 21 heavy (non-hydrogen) atoms. The molecule has 1 aromatic heterocycles. The quantitative estimate of drug-likeness (QED) is 0.802. The molecule has 0 bridgehead atoms. The van der Waals surface area contributed by atoms with Crippen molar-refractivity contribution in [2.75, 3.05) is 7.11 Å². The van der Waals surface area contributed by atoms with Crippen LogP contribution in [-0.4, -0.2) is 34.8 Å². The monoisotopic (exact) mass is 295 g/mol. The molecule has 2 unspecified atom stereocenters. The number of aromatic nitrogens is 2. The molecule has 2 atom stereocenters. The molecule has 1 heterocycles. The smallest absolute Gasteiger partial charge is 0.306 e. The lowest BCUT2D eigenvalue weighted by molar-refractivity contribution is -0.144.